The topological polar surface area (TPSA) is 66.5 Å². The van der Waals surface area contributed by atoms with Gasteiger partial charge in [-0.05, 0) is 50.9 Å². The minimum Gasteiger partial charge on any atom is -0.396 e. The summed E-state index contributed by atoms with van der Waals surface area (Å²) in [5.74, 6) is 0.346. The Morgan fingerprint density at radius 1 is 0.769 bits per heavy atom. The molecular formula is C23H47NO2. The van der Waals surface area contributed by atoms with Gasteiger partial charge in [0, 0.05) is 18.8 Å². The molecule has 0 aliphatic heterocycles. The molecule has 0 aliphatic rings. The molecule has 3 nitrogen and oxygen atoms in total. The fraction of sp³-hybridized carbons (Fsp3) is 0.913. The van der Waals surface area contributed by atoms with Crippen molar-refractivity contribution in [3.63, 3.8) is 0 Å². The standard InChI is InChI=1S/C23H47NO2/c1-3-4-5-6-7-8-9-10-11-12-13-14-15-16-17-22(2)23(24,18-20-25)19-21-26/h10-11,22,25-26H,3-9,12-21,24H2,1-2H3. The van der Waals surface area contributed by atoms with Crippen LogP contribution in [0.5, 0.6) is 0 Å². The largest absolute Gasteiger partial charge is 0.396 e. The first kappa shape index (κ1) is 25.6. The molecule has 1 atom stereocenters. The average Bonchev–Trinajstić information content (AvgIpc) is 2.62. The third-order valence-corrected chi connectivity index (χ3v) is 5.78. The van der Waals surface area contributed by atoms with E-state index in [1.54, 1.807) is 0 Å². The number of hydrogen-bond acceptors (Lipinski definition) is 3. The maximum atomic E-state index is 9.20. The van der Waals surface area contributed by atoms with Gasteiger partial charge >= 0.3 is 0 Å². The van der Waals surface area contributed by atoms with Crippen LogP contribution in [-0.4, -0.2) is 29.0 Å². The highest BCUT2D eigenvalue weighted by Gasteiger charge is 2.30. The monoisotopic (exact) mass is 369 g/mol. The second-order valence-corrected chi connectivity index (χ2v) is 8.10. The van der Waals surface area contributed by atoms with E-state index in [2.05, 4.69) is 26.0 Å². The number of allylic oxidation sites excluding steroid dienone is 2. The molecule has 156 valence electrons. The van der Waals surface area contributed by atoms with Gasteiger partial charge in [-0.15, -0.1) is 0 Å². The number of aliphatic hydroxyl groups excluding tert-OH is 2. The summed E-state index contributed by atoms with van der Waals surface area (Å²) in [5, 5.41) is 18.4. The van der Waals surface area contributed by atoms with Gasteiger partial charge in [0.1, 0.15) is 0 Å². The molecule has 0 aromatic heterocycles. The molecule has 0 spiro atoms. The van der Waals surface area contributed by atoms with Crippen LogP contribution in [0.4, 0.5) is 0 Å². The van der Waals surface area contributed by atoms with E-state index in [1.807, 2.05) is 0 Å². The maximum absolute atomic E-state index is 9.20. The van der Waals surface area contributed by atoms with Crippen LogP contribution in [-0.2, 0) is 0 Å². The fourth-order valence-electron chi connectivity index (χ4n) is 3.67. The third kappa shape index (κ3) is 13.8. The van der Waals surface area contributed by atoms with E-state index in [0.717, 1.165) is 6.42 Å². The summed E-state index contributed by atoms with van der Waals surface area (Å²) in [5.41, 5.74) is 5.97. The molecule has 1 unspecified atom stereocenters. The minimum absolute atomic E-state index is 0.103. The zero-order valence-electron chi connectivity index (χ0n) is 17.7. The van der Waals surface area contributed by atoms with Gasteiger partial charge in [0.2, 0.25) is 0 Å². The smallest absolute Gasteiger partial charge is 0.0448 e. The molecule has 0 amide bonds. The van der Waals surface area contributed by atoms with Gasteiger partial charge in [0.15, 0.2) is 0 Å². The van der Waals surface area contributed by atoms with Crippen molar-refractivity contribution in [3.8, 4) is 0 Å². The van der Waals surface area contributed by atoms with Crippen LogP contribution in [0.2, 0.25) is 0 Å². The SMILES string of the molecule is CCCCCCCCC=CCCCCCCC(C)C(N)(CCO)CCO. The lowest BCUT2D eigenvalue weighted by atomic mass is 9.78. The molecule has 0 heterocycles. The Morgan fingerprint density at radius 2 is 1.23 bits per heavy atom. The molecule has 4 N–H and O–H groups in total. The van der Waals surface area contributed by atoms with Gasteiger partial charge in [-0.1, -0.05) is 77.4 Å². The first-order valence-corrected chi connectivity index (χ1v) is 11.3. The summed E-state index contributed by atoms with van der Waals surface area (Å²) in [6, 6.07) is 0. The van der Waals surface area contributed by atoms with E-state index < -0.39 is 5.54 Å². The van der Waals surface area contributed by atoms with Gasteiger partial charge in [-0.2, -0.15) is 0 Å². The summed E-state index contributed by atoms with van der Waals surface area (Å²) in [7, 11) is 0. The second kappa shape index (κ2) is 18.0. The highest BCUT2D eigenvalue weighted by atomic mass is 16.3. The Labute approximate surface area is 163 Å². The third-order valence-electron chi connectivity index (χ3n) is 5.78. The Hall–Kier alpha value is -0.380. The number of hydrogen-bond donors (Lipinski definition) is 3. The number of aliphatic hydroxyl groups is 2. The van der Waals surface area contributed by atoms with Crippen LogP contribution in [0.15, 0.2) is 12.2 Å². The predicted octanol–water partition coefficient (Wildman–Crippen LogP) is 5.73. The quantitative estimate of drug-likeness (QED) is 0.201. The highest BCUT2D eigenvalue weighted by molar-refractivity contribution is 4.89. The van der Waals surface area contributed by atoms with Gasteiger partial charge in [-0.3, -0.25) is 0 Å². The van der Waals surface area contributed by atoms with E-state index in [4.69, 9.17) is 5.73 Å². The molecular weight excluding hydrogens is 322 g/mol. The normalized spacial score (nSPS) is 13.6. The van der Waals surface area contributed by atoms with Crippen molar-refractivity contribution in [2.24, 2.45) is 11.7 Å². The van der Waals surface area contributed by atoms with E-state index >= 15 is 0 Å². The van der Waals surface area contributed by atoms with Crippen molar-refractivity contribution in [3.05, 3.63) is 12.2 Å². The fourth-order valence-corrected chi connectivity index (χ4v) is 3.67. The number of rotatable bonds is 19. The highest BCUT2D eigenvalue weighted by Crippen LogP contribution is 2.27. The first-order valence-electron chi connectivity index (χ1n) is 11.3. The van der Waals surface area contributed by atoms with Crippen molar-refractivity contribution >= 4 is 0 Å². The molecule has 0 rings (SSSR count). The van der Waals surface area contributed by atoms with E-state index in [0.29, 0.717) is 18.8 Å². The van der Waals surface area contributed by atoms with Crippen LogP contribution in [0.1, 0.15) is 110 Å². The molecule has 0 aromatic rings. The van der Waals surface area contributed by atoms with Gasteiger partial charge in [0.25, 0.3) is 0 Å². The van der Waals surface area contributed by atoms with E-state index in [9.17, 15) is 10.2 Å². The lowest BCUT2D eigenvalue weighted by Crippen LogP contribution is -2.47. The summed E-state index contributed by atoms with van der Waals surface area (Å²) in [6.07, 6.45) is 22.7. The van der Waals surface area contributed by atoms with Crippen LogP contribution < -0.4 is 5.73 Å². The van der Waals surface area contributed by atoms with Crippen LogP contribution >= 0.6 is 0 Å². The molecule has 0 aliphatic carbocycles. The summed E-state index contributed by atoms with van der Waals surface area (Å²) >= 11 is 0. The molecule has 0 aromatic carbocycles. The van der Waals surface area contributed by atoms with Crippen molar-refractivity contribution in [1.82, 2.24) is 0 Å². The van der Waals surface area contributed by atoms with Gasteiger partial charge in [0.05, 0.1) is 0 Å². The summed E-state index contributed by atoms with van der Waals surface area (Å²) in [4.78, 5) is 0. The van der Waals surface area contributed by atoms with Gasteiger partial charge < -0.3 is 15.9 Å². The van der Waals surface area contributed by atoms with Gasteiger partial charge in [-0.25, -0.2) is 0 Å². The van der Waals surface area contributed by atoms with Crippen molar-refractivity contribution in [1.29, 1.82) is 0 Å². The van der Waals surface area contributed by atoms with Crippen molar-refractivity contribution in [2.45, 2.75) is 116 Å². The van der Waals surface area contributed by atoms with E-state index in [1.165, 1.54) is 77.0 Å². The summed E-state index contributed by atoms with van der Waals surface area (Å²) < 4.78 is 0. The predicted molar refractivity (Wildman–Crippen MR) is 114 cm³/mol. The Balaban J connectivity index is 3.55. The number of nitrogens with two attached hydrogens (primary N) is 1. The Morgan fingerprint density at radius 3 is 1.73 bits per heavy atom. The first-order chi connectivity index (χ1) is 12.6. The molecule has 0 fully saturated rings. The molecule has 3 heteroatoms. The van der Waals surface area contributed by atoms with Crippen LogP contribution in [0.3, 0.4) is 0 Å². The van der Waals surface area contributed by atoms with Crippen molar-refractivity contribution < 1.29 is 10.2 Å². The lowest BCUT2D eigenvalue weighted by Gasteiger charge is -2.35. The van der Waals surface area contributed by atoms with E-state index in [-0.39, 0.29) is 13.2 Å². The zero-order valence-corrected chi connectivity index (χ0v) is 17.7. The molecule has 0 radical (unpaired) electrons. The Bertz CT molecular complexity index is 311. The summed E-state index contributed by atoms with van der Waals surface area (Å²) in [6.45, 7) is 4.64. The maximum Gasteiger partial charge on any atom is 0.0448 e. The van der Waals surface area contributed by atoms with Crippen LogP contribution in [0, 0.1) is 5.92 Å². The second-order valence-electron chi connectivity index (χ2n) is 8.10. The molecule has 0 bridgehead atoms. The Kier molecular flexibility index (Phi) is 17.7. The molecule has 26 heavy (non-hydrogen) atoms. The minimum atomic E-state index is -0.414. The molecule has 0 saturated carbocycles. The average molecular weight is 370 g/mol. The van der Waals surface area contributed by atoms with Crippen molar-refractivity contribution in [2.75, 3.05) is 13.2 Å². The molecule has 0 saturated heterocycles. The number of unbranched alkanes of at least 4 members (excludes halogenated alkanes) is 10. The van der Waals surface area contributed by atoms with Crippen LogP contribution in [0.25, 0.3) is 0 Å². The zero-order chi connectivity index (χ0) is 19.5. The lowest BCUT2D eigenvalue weighted by molar-refractivity contribution is 0.146.